The minimum absolute atomic E-state index is 0.717. The minimum Gasteiger partial charge on any atom is -0.495 e. The van der Waals surface area contributed by atoms with E-state index in [1.807, 2.05) is 41.9 Å². The number of likely N-dealkylation sites (N-methyl/N-ethyl adjacent to an activating group) is 1. The number of anilines is 3. The van der Waals surface area contributed by atoms with Crippen LogP contribution in [0.5, 0.6) is 5.75 Å². The van der Waals surface area contributed by atoms with Crippen LogP contribution in [-0.2, 0) is 0 Å². The van der Waals surface area contributed by atoms with E-state index in [-0.39, 0.29) is 0 Å². The van der Waals surface area contributed by atoms with Gasteiger partial charge in [0.25, 0.3) is 0 Å². The van der Waals surface area contributed by atoms with Gasteiger partial charge in [0, 0.05) is 61.8 Å². The molecular weight excluding hydrogens is 436 g/mol. The van der Waals surface area contributed by atoms with Crippen LogP contribution in [0.4, 0.5) is 17.2 Å². The van der Waals surface area contributed by atoms with E-state index in [0.717, 1.165) is 65.2 Å². The summed E-state index contributed by atoms with van der Waals surface area (Å²) in [7, 11) is 5.91. The Kier molecular flexibility index (Phi) is 5.83. The first-order valence-electron chi connectivity index (χ1n) is 11.0. The van der Waals surface area contributed by atoms with Gasteiger partial charge in [0.2, 0.25) is 0 Å². The maximum atomic E-state index is 6.36. The molecule has 1 saturated heterocycles. The third-order valence-corrected chi connectivity index (χ3v) is 6.49. The molecule has 0 amide bonds. The van der Waals surface area contributed by atoms with E-state index in [0.29, 0.717) is 0 Å². The van der Waals surface area contributed by atoms with Crippen LogP contribution in [0.25, 0.3) is 16.8 Å². The summed E-state index contributed by atoms with van der Waals surface area (Å²) in [5.74, 6) is 1.69. The fraction of sp³-hybridized carbons (Fsp3) is 0.280. The Morgan fingerprint density at radius 2 is 1.82 bits per heavy atom. The Bertz CT molecular complexity index is 1280. The van der Waals surface area contributed by atoms with Crippen molar-refractivity contribution in [3.05, 3.63) is 65.9 Å². The van der Waals surface area contributed by atoms with E-state index in [4.69, 9.17) is 16.3 Å². The lowest BCUT2D eigenvalue weighted by Crippen LogP contribution is -2.44. The highest BCUT2D eigenvalue weighted by Gasteiger charge is 2.23. The number of benzene rings is 2. The third kappa shape index (κ3) is 4.10. The van der Waals surface area contributed by atoms with Gasteiger partial charge in [-0.15, -0.1) is 0 Å². The van der Waals surface area contributed by atoms with Gasteiger partial charge < -0.3 is 19.4 Å². The number of piperazine rings is 1. The number of halogens is 1. The van der Waals surface area contributed by atoms with Crippen LogP contribution < -0.4 is 14.5 Å². The fourth-order valence-electron chi connectivity index (χ4n) is 4.38. The van der Waals surface area contributed by atoms with Crippen LogP contribution >= 0.6 is 11.6 Å². The molecule has 4 aromatic rings. The molecule has 0 bridgehead atoms. The van der Waals surface area contributed by atoms with Gasteiger partial charge in [0.1, 0.15) is 11.6 Å². The van der Waals surface area contributed by atoms with Gasteiger partial charge in [-0.1, -0.05) is 23.7 Å². The predicted octanol–water partition coefficient (Wildman–Crippen LogP) is 4.58. The van der Waals surface area contributed by atoms with E-state index >= 15 is 0 Å². The molecule has 3 heterocycles. The second-order valence-corrected chi connectivity index (χ2v) is 8.74. The molecular formula is C25H27ClN6O. The Hall–Kier alpha value is -3.29. The molecule has 33 heavy (non-hydrogen) atoms. The molecule has 1 fully saturated rings. The summed E-state index contributed by atoms with van der Waals surface area (Å²) >= 11 is 6.36. The SMILES string of the molecule is COc1cc(-c2cccc(Cl)c2)c(N2CCN(C)CC2)cc1N(C)c1ccnc2ccnn12. The van der Waals surface area contributed by atoms with Gasteiger partial charge in [-0.25, -0.2) is 4.98 Å². The highest BCUT2D eigenvalue weighted by Crippen LogP contribution is 2.43. The van der Waals surface area contributed by atoms with Crippen LogP contribution in [0.15, 0.2) is 60.9 Å². The Balaban J connectivity index is 1.67. The first kappa shape index (κ1) is 21.6. The van der Waals surface area contributed by atoms with Crippen molar-refractivity contribution in [2.75, 3.05) is 57.2 Å². The molecule has 1 aliphatic rings. The molecule has 7 nitrogen and oxygen atoms in total. The highest BCUT2D eigenvalue weighted by molar-refractivity contribution is 6.30. The van der Waals surface area contributed by atoms with E-state index < -0.39 is 0 Å². The fourth-order valence-corrected chi connectivity index (χ4v) is 4.57. The van der Waals surface area contributed by atoms with Crippen molar-refractivity contribution in [3.63, 3.8) is 0 Å². The summed E-state index contributed by atoms with van der Waals surface area (Å²) < 4.78 is 7.72. The van der Waals surface area contributed by atoms with Gasteiger partial charge in [0.05, 0.1) is 19.0 Å². The normalized spacial score (nSPS) is 14.6. The lowest BCUT2D eigenvalue weighted by Gasteiger charge is -2.36. The quantitative estimate of drug-likeness (QED) is 0.432. The minimum atomic E-state index is 0.717. The Labute approximate surface area is 198 Å². The largest absolute Gasteiger partial charge is 0.495 e. The molecule has 0 atom stereocenters. The molecule has 1 aliphatic heterocycles. The van der Waals surface area contributed by atoms with Crippen molar-refractivity contribution < 1.29 is 4.74 Å². The van der Waals surface area contributed by atoms with Crippen molar-refractivity contribution >= 4 is 34.4 Å². The molecule has 0 radical (unpaired) electrons. The molecule has 2 aromatic heterocycles. The number of fused-ring (bicyclic) bond motifs is 1. The molecule has 170 valence electrons. The summed E-state index contributed by atoms with van der Waals surface area (Å²) in [6.07, 6.45) is 3.56. The average molecular weight is 463 g/mol. The van der Waals surface area contributed by atoms with Crippen LogP contribution in [0.2, 0.25) is 5.02 Å². The molecule has 0 unspecified atom stereocenters. The van der Waals surface area contributed by atoms with Crippen molar-refractivity contribution in [1.82, 2.24) is 19.5 Å². The zero-order chi connectivity index (χ0) is 22.9. The summed E-state index contributed by atoms with van der Waals surface area (Å²) in [6, 6.07) is 16.2. The van der Waals surface area contributed by atoms with Crippen molar-refractivity contribution in [2.24, 2.45) is 0 Å². The highest BCUT2D eigenvalue weighted by atomic mass is 35.5. The van der Waals surface area contributed by atoms with Crippen molar-refractivity contribution in [2.45, 2.75) is 0 Å². The third-order valence-electron chi connectivity index (χ3n) is 6.25. The monoisotopic (exact) mass is 462 g/mol. The number of methoxy groups -OCH3 is 1. The molecule has 8 heteroatoms. The molecule has 2 aromatic carbocycles. The zero-order valence-electron chi connectivity index (χ0n) is 19.1. The maximum Gasteiger partial charge on any atom is 0.157 e. The van der Waals surface area contributed by atoms with Gasteiger partial charge in [0.15, 0.2) is 5.65 Å². The zero-order valence-corrected chi connectivity index (χ0v) is 19.8. The van der Waals surface area contributed by atoms with Crippen molar-refractivity contribution in [1.29, 1.82) is 0 Å². The van der Waals surface area contributed by atoms with Crippen LogP contribution in [-0.4, -0.2) is 66.9 Å². The average Bonchev–Trinajstić information content (AvgIpc) is 3.32. The summed E-state index contributed by atoms with van der Waals surface area (Å²) in [5.41, 5.74) is 5.10. The lowest BCUT2D eigenvalue weighted by molar-refractivity contribution is 0.313. The van der Waals surface area contributed by atoms with Crippen LogP contribution in [0, 0.1) is 0 Å². The van der Waals surface area contributed by atoms with Crippen LogP contribution in [0.3, 0.4) is 0 Å². The molecule has 0 spiro atoms. The second kappa shape index (κ2) is 8.92. The first-order chi connectivity index (χ1) is 16.0. The summed E-state index contributed by atoms with van der Waals surface area (Å²) in [5, 5.41) is 5.17. The molecule has 0 N–H and O–H groups in total. The second-order valence-electron chi connectivity index (χ2n) is 8.31. The predicted molar refractivity (Wildman–Crippen MR) is 134 cm³/mol. The number of nitrogens with zero attached hydrogens (tertiary/aromatic N) is 6. The van der Waals surface area contributed by atoms with Gasteiger partial charge in [-0.05, 0) is 42.9 Å². The Morgan fingerprint density at radius 3 is 2.58 bits per heavy atom. The van der Waals surface area contributed by atoms with E-state index in [1.54, 1.807) is 19.5 Å². The standard InChI is InChI=1S/C25H27ClN6O/c1-29-11-13-31(14-12-29)21-17-22(30(2)25-8-9-27-24-7-10-28-32(24)25)23(33-3)16-20(21)18-5-4-6-19(26)15-18/h4-10,15-17H,11-14H2,1-3H3. The van der Waals surface area contributed by atoms with Crippen LogP contribution in [0.1, 0.15) is 0 Å². The van der Waals surface area contributed by atoms with Gasteiger partial charge >= 0.3 is 0 Å². The summed E-state index contributed by atoms with van der Waals surface area (Å²) in [4.78, 5) is 11.3. The van der Waals surface area contributed by atoms with Gasteiger partial charge in [-0.3, -0.25) is 0 Å². The number of hydrogen-bond donors (Lipinski definition) is 0. The number of aromatic nitrogens is 3. The first-order valence-corrected chi connectivity index (χ1v) is 11.4. The van der Waals surface area contributed by atoms with E-state index in [9.17, 15) is 0 Å². The molecule has 0 saturated carbocycles. The van der Waals surface area contributed by atoms with E-state index in [2.05, 4.69) is 50.0 Å². The molecule has 5 rings (SSSR count). The molecule has 0 aliphatic carbocycles. The number of ether oxygens (including phenoxy) is 1. The smallest absolute Gasteiger partial charge is 0.157 e. The topological polar surface area (TPSA) is 49.1 Å². The number of rotatable bonds is 5. The van der Waals surface area contributed by atoms with E-state index in [1.165, 1.54) is 5.69 Å². The summed E-state index contributed by atoms with van der Waals surface area (Å²) in [6.45, 7) is 3.95. The number of hydrogen-bond acceptors (Lipinski definition) is 6. The lowest BCUT2D eigenvalue weighted by atomic mass is 10.0. The Morgan fingerprint density at radius 1 is 1.00 bits per heavy atom. The maximum absolute atomic E-state index is 6.36. The van der Waals surface area contributed by atoms with Gasteiger partial charge in [-0.2, -0.15) is 9.61 Å². The van der Waals surface area contributed by atoms with Crippen molar-refractivity contribution in [3.8, 4) is 16.9 Å².